The van der Waals surface area contributed by atoms with Crippen molar-refractivity contribution < 1.29 is 4.79 Å². The number of hydrogen-bond acceptors (Lipinski definition) is 2. The predicted molar refractivity (Wildman–Crippen MR) is 57.6 cm³/mol. The number of hydrogen-bond donors (Lipinski definition) is 1. The smallest absolute Gasteiger partial charge is 0.134 e. The van der Waals surface area contributed by atoms with Gasteiger partial charge in [0.05, 0.1) is 0 Å². The van der Waals surface area contributed by atoms with E-state index >= 15 is 0 Å². The molecule has 1 nitrogen and oxygen atoms in total. The lowest BCUT2D eigenvalue weighted by Gasteiger charge is -2.07. The van der Waals surface area contributed by atoms with Crippen LogP contribution in [-0.4, -0.2) is 5.78 Å². The van der Waals surface area contributed by atoms with Crippen molar-refractivity contribution in [1.82, 2.24) is 0 Å². The third-order valence-electron chi connectivity index (χ3n) is 1.82. The van der Waals surface area contributed by atoms with Crippen molar-refractivity contribution in [2.45, 2.75) is 24.1 Å². The molecular formula is C10H11ClOS. The van der Waals surface area contributed by atoms with Gasteiger partial charge in [-0.3, -0.25) is 4.79 Å². The summed E-state index contributed by atoms with van der Waals surface area (Å²) in [6, 6.07) is 5.69. The van der Waals surface area contributed by atoms with Gasteiger partial charge in [0, 0.05) is 17.2 Å². The van der Waals surface area contributed by atoms with E-state index in [4.69, 9.17) is 11.6 Å². The molecule has 0 radical (unpaired) electrons. The van der Waals surface area contributed by atoms with Crippen LogP contribution in [0.3, 0.4) is 0 Å². The number of rotatable bonds is 3. The van der Waals surface area contributed by atoms with Gasteiger partial charge in [0.2, 0.25) is 0 Å². The molecule has 0 saturated carbocycles. The fourth-order valence-electron chi connectivity index (χ4n) is 1.20. The summed E-state index contributed by atoms with van der Waals surface area (Å²) in [6.07, 6.45) is 0.418. The number of halogens is 1. The maximum absolute atomic E-state index is 11.0. The molecule has 1 rings (SSSR count). The van der Waals surface area contributed by atoms with Crippen molar-refractivity contribution in [3.05, 3.63) is 29.3 Å². The summed E-state index contributed by atoms with van der Waals surface area (Å²) in [5.74, 6) is 0.560. The van der Waals surface area contributed by atoms with Crippen LogP contribution in [0.5, 0.6) is 0 Å². The van der Waals surface area contributed by atoms with Gasteiger partial charge in [0.25, 0.3) is 0 Å². The Hall–Kier alpha value is -0.470. The van der Waals surface area contributed by atoms with Crippen molar-refractivity contribution in [2.75, 3.05) is 0 Å². The van der Waals surface area contributed by atoms with Gasteiger partial charge in [-0.1, -0.05) is 12.1 Å². The highest BCUT2D eigenvalue weighted by Crippen LogP contribution is 2.20. The van der Waals surface area contributed by atoms with Gasteiger partial charge >= 0.3 is 0 Å². The van der Waals surface area contributed by atoms with Crippen LogP contribution < -0.4 is 0 Å². The zero-order valence-corrected chi connectivity index (χ0v) is 9.03. The maximum atomic E-state index is 11.0. The summed E-state index contributed by atoms with van der Waals surface area (Å²) < 4.78 is 0. The molecule has 0 aliphatic carbocycles. The Kier molecular flexibility index (Phi) is 3.82. The standard InChI is InChI=1S/C10H11ClOS/c1-7(12)5-9-8(6-11)3-2-4-10(9)13/h2-4,13H,5-6H2,1H3. The van der Waals surface area contributed by atoms with E-state index in [-0.39, 0.29) is 5.78 Å². The molecule has 0 unspecified atom stereocenters. The molecule has 0 N–H and O–H groups in total. The average molecular weight is 215 g/mol. The van der Waals surface area contributed by atoms with Crippen LogP contribution in [-0.2, 0) is 17.1 Å². The summed E-state index contributed by atoms with van der Waals surface area (Å²) in [4.78, 5) is 11.8. The second-order valence-corrected chi connectivity index (χ2v) is 3.68. The number of Topliss-reactive ketones (excluding diaryl/α,β-unsaturated/α-hetero) is 1. The van der Waals surface area contributed by atoms with E-state index in [9.17, 15) is 4.79 Å². The number of thiol groups is 1. The summed E-state index contributed by atoms with van der Waals surface area (Å²) in [5, 5.41) is 0. The Bertz CT molecular complexity index is 323. The first kappa shape index (κ1) is 10.6. The molecule has 0 spiro atoms. The SMILES string of the molecule is CC(=O)Cc1c(S)cccc1CCl. The highest BCUT2D eigenvalue weighted by Gasteiger charge is 2.06. The van der Waals surface area contributed by atoms with Crippen LogP contribution in [0.4, 0.5) is 0 Å². The largest absolute Gasteiger partial charge is 0.300 e. The van der Waals surface area contributed by atoms with Crippen molar-refractivity contribution in [1.29, 1.82) is 0 Å². The molecule has 1 aromatic rings. The summed E-state index contributed by atoms with van der Waals surface area (Å²) in [5.41, 5.74) is 1.94. The predicted octanol–water partition coefficient (Wildman–Crippen LogP) is 2.85. The third-order valence-corrected chi connectivity index (χ3v) is 2.52. The van der Waals surface area contributed by atoms with Gasteiger partial charge < -0.3 is 0 Å². The van der Waals surface area contributed by atoms with Crippen molar-refractivity contribution in [2.24, 2.45) is 0 Å². The molecule has 3 heteroatoms. The summed E-state index contributed by atoms with van der Waals surface area (Å²) in [7, 11) is 0. The van der Waals surface area contributed by atoms with E-state index in [1.807, 2.05) is 18.2 Å². The molecule has 0 amide bonds. The molecule has 0 aromatic heterocycles. The van der Waals surface area contributed by atoms with Gasteiger partial charge in [-0.25, -0.2) is 0 Å². The topological polar surface area (TPSA) is 17.1 Å². The Morgan fingerprint density at radius 1 is 1.54 bits per heavy atom. The molecule has 13 heavy (non-hydrogen) atoms. The number of alkyl halides is 1. The first-order chi connectivity index (χ1) is 6.15. The molecule has 0 atom stereocenters. The zero-order chi connectivity index (χ0) is 9.84. The van der Waals surface area contributed by atoms with Crippen LogP contribution in [0.15, 0.2) is 23.1 Å². The zero-order valence-electron chi connectivity index (χ0n) is 7.38. The lowest BCUT2D eigenvalue weighted by atomic mass is 10.0. The average Bonchev–Trinajstić information content (AvgIpc) is 2.08. The van der Waals surface area contributed by atoms with Crippen LogP contribution >= 0.6 is 24.2 Å². The molecule has 0 fully saturated rings. The van der Waals surface area contributed by atoms with E-state index in [0.29, 0.717) is 12.3 Å². The van der Waals surface area contributed by atoms with Gasteiger partial charge in [0.1, 0.15) is 5.78 Å². The van der Waals surface area contributed by atoms with Crippen molar-refractivity contribution in [3.8, 4) is 0 Å². The van der Waals surface area contributed by atoms with Gasteiger partial charge in [-0.15, -0.1) is 24.2 Å². The Balaban J connectivity index is 3.07. The quantitative estimate of drug-likeness (QED) is 0.605. The van der Waals surface area contributed by atoms with Crippen LogP contribution in [0.2, 0.25) is 0 Å². The molecule has 0 bridgehead atoms. The highest BCUT2D eigenvalue weighted by molar-refractivity contribution is 7.80. The molecule has 0 saturated heterocycles. The minimum atomic E-state index is 0.132. The first-order valence-corrected chi connectivity index (χ1v) is 4.98. The second kappa shape index (κ2) is 4.68. The fourth-order valence-corrected chi connectivity index (χ4v) is 1.76. The Morgan fingerprint density at radius 3 is 2.77 bits per heavy atom. The van der Waals surface area contributed by atoms with Gasteiger partial charge in [0.15, 0.2) is 0 Å². The third kappa shape index (κ3) is 2.75. The summed E-state index contributed by atoms with van der Waals surface area (Å²) in [6.45, 7) is 1.57. The maximum Gasteiger partial charge on any atom is 0.134 e. The number of benzene rings is 1. The van der Waals surface area contributed by atoms with Crippen LogP contribution in [0, 0.1) is 0 Å². The minimum Gasteiger partial charge on any atom is -0.300 e. The Labute approximate surface area is 88.5 Å². The molecule has 0 aliphatic heterocycles. The summed E-state index contributed by atoms with van der Waals surface area (Å²) >= 11 is 10.0. The van der Waals surface area contributed by atoms with E-state index < -0.39 is 0 Å². The van der Waals surface area contributed by atoms with E-state index in [2.05, 4.69) is 12.6 Å². The van der Waals surface area contributed by atoms with Crippen molar-refractivity contribution >= 4 is 30.0 Å². The van der Waals surface area contributed by atoms with E-state index in [1.54, 1.807) is 6.92 Å². The molecule has 0 heterocycles. The van der Waals surface area contributed by atoms with E-state index in [0.717, 1.165) is 16.0 Å². The van der Waals surface area contributed by atoms with Crippen LogP contribution in [0.25, 0.3) is 0 Å². The Morgan fingerprint density at radius 2 is 2.23 bits per heavy atom. The monoisotopic (exact) mass is 214 g/mol. The molecule has 0 aliphatic rings. The highest BCUT2D eigenvalue weighted by atomic mass is 35.5. The number of ketones is 1. The minimum absolute atomic E-state index is 0.132. The van der Waals surface area contributed by atoms with Crippen LogP contribution in [0.1, 0.15) is 18.1 Å². The van der Waals surface area contributed by atoms with Crippen molar-refractivity contribution in [3.63, 3.8) is 0 Å². The second-order valence-electron chi connectivity index (χ2n) is 2.93. The number of carbonyl (C=O) groups is 1. The molecular weight excluding hydrogens is 204 g/mol. The first-order valence-electron chi connectivity index (χ1n) is 4.00. The fraction of sp³-hybridized carbons (Fsp3) is 0.300. The normalized spacial score (nSPS) is 10.1. The number of carbonyl (C=O) groups excluding carboxylic acids is 1. The molecule has 1 aromatic carbocycles. The van der Waals surface area contributed by atoms with Gasteiger partial charge in [-0.05, 0) is 24.1 Å². The lowest BCUT2D eigenvalue weighted by Crippen LogP contribution is -2.01. The van der Waals surface area contributed by atoms with E-state index in [1.165, 1.54) is 0 Å². The molecule has 70 valence electrons. The lowest BCUT2D eigenvalue weighted by molar-refractivity contribution is -0.116. The van der Waals surface area contributed by atoms with Gasteiger partial charge in [-0.2, -0.15) is 0 Å².